The summed E-state index contributed by atoms with van der Waals surface area (Å²) in [6, 6.07) is 0. The Bertz CT molecular complexity index is 541. The number of amides is 2. The minimum absolute atomic E-state index is 0. The van der Waals surface area contributed by atoms with E-state index in [-0.39, 0.29) is 42.5 Å². The number of nitrogens with one attached hydrogen (secondary N) is 1. The van der Waals surface area contributed by atoms with Crippen LogP contribution in [0.1, 0.15) is 47.5 Å². The second kappa shape index (κ2) is 13.1. The van der Waals surface area contributed by atoms with E-state index in [0.717, 1.165) is 38.4 Å². The first-order chi connectivity index (χ1) is 13.1. The minimum Gasteiger partial charge on any atom is -0.444 e. The Balaban J connectivity index is 0.00000784. The molecular formula is C20H40IN5O3. The van der Waals surface area contributed by atoms with Crippen LogP contribution in [0, 0.1) is 5.92 Å². The molecule has 0 saturated carbocycles. The molecule has 1 aliphatic heterocycles. The van der Waals surface area contributed by atoms with E-state index in [4.69, 9.17) is 4.74 Å². The molecule has 8 nitrogen and oxygen atoms in total. The van der Waals surface area contributed by atoms with Crippen molar-refractivity contribution in [3.8, 4) is 0 Å². The maximum absolute atomic E-state index is 12.4. The van der Waals surface area contributed by atoms with Gasteiger partial charge >= 0.3 is 6.09 Å². The molecule has 9 heteroatoms. The molecule has 1 saturated heterocycles. The number of likely N-dealkylation sites (tertiary alicyclic amines) is 1. The molecule has 0 radical (unpaired) electrons. The molecule has 1 rings (SSSR count). The standard InChI is InChI=1S/C20H39N5O3.HI/c1-8-21-18(22-14-17(26)23(6)7)25-12-10-16(11-13-25)15-24(9-2)19(27)28-20(3,4)5;/h16H,8-15H2,1-7H3,(H,21,22);1H. The molecule has 0 aromatic rings. The van der Waals surface area contributed by atoms with Crippen molar-refractivity contribution >= 4 is 41.9 Å². The number of aliphatic imine (C=N–C) groups is 1. The monoisotopic (exact) mass is 525 g/mol. The summed E-state index contributed by atoms with van der Waals surface area (Å²) < 4.78 is 5.51. The number of likely N-dealkylation sites (N-methyl/N-ethyl adjacent to an activating group) is 1. The Labute approximate surface area is 193 Å². The largest absolute Gasteiger partial charge is 0.444 e. The molecule has 1 N–H and O–H groups in total. The highest BCUT2D eigenvalue weighted by Crippen LogP contribution is 2.20. The normalized spacial score (nSPS) is 15.4. The maximum atomic E-state index is 12.4. The van der Waals surface area contributed by atoms with Crippen LogP contribution in [-0.2, 0) is 9.53 Å². The summed E-state index contributed by atoms with van der Waals surface area (Å²) in [6.07, 6.45) is 1.71. The van der Waals surface area contributed by atoms with E-state index in [1.165, 1.54) is 0 Å². The lowest BCUT2D eigenvalue weighted by Crippen LogP contribution is -2.48. The fourth-order valence-electron chi connectivity index (χ4n) is 3.01. The first kappa shape index (κ1) is 27.7. The molecule has 2 amide bonds. The molecule has 0 aromatic heterocycles. The van der Waals surface area contributed by atoms with Gasteiger partial charge in [0.15, 0.2) is 5.96 Å². The van der Waals surface area contributed by atoms with Crippen LogP contribution in [0.15, 0.2) is 4.99 Å². The number of halogens is 1. The Morgan fingerprint density at radius 2 is 1.76 bits per heavy atom. The zero-order chi connectivity index (χ0) is 21.3. The smallest absolute Gasteiger partial charge is 0.410 e. The van der Waals surface area contributed by atoms with Crippen molar-refractivity contribution in [2.75, 3.05) is 53.4 Å². The molecule has 0 aliphatic carbocycles. The van der Waals surface area contributed by atoms with Crippen LogP contribution in [0.4, 0.5) is 4.79 Å². The Morgan fingerprint density at radius 3 is 2.21 bits per heavy atom. The van der Waals surface area contributed by atoms with Gasteiger partial charge in [0.2, 0.25) is 5.91 Å². The second-order valence-electron chi connectivity index (χ2n) is 8.41. The van der Waals surface area contributed by atoms with Gasteiger partial charge < -0.3 is 24.8 Å². The minimum atomic E-state index is -0.477. The molecule has 1 aliphatic rings. The lowest BCUT2D eigenvalue weighted by molar-refractivity contribution is -0.127. The van der Waals surface area contributed by atoms with Crippen LogP contribution < -0.4 is 5.32 Å². The van der Waals surface area contributed by atoms with Crippen molar-refractivity contribution in [2.45, 2.75) is 53.1 Å². The number of guanidine groups is 1. The van der Waals surface area contributed by atoms with E-state index in [9.17, 15) is 9.59 Å². The van der Waals surface area contributed by atoms with Crippen LogP contribution >= 0.6 is 24.0 Å². The molecule has 1 heterocycles. The maximum Gasteiger partial charge on any atom is 0.410 e. The summed E-state index contributed by atoms with van der Waals surface area (Å²) in [5, 5.41) is 3.28. The topological polar surface area (TPSA) is 77.5 Å². The van der Waals surface area contributed by atoms with Gasteiger partial charge in [0.05, 0.1) is 0 Å². The second-order valence-corrected chi connectivity index (χ2v) is 8.41. The third-order valence-electron chi connectivity index (χ3n) is 4.62. The van der Waals surface area contributed by atoms with Gasteiger partial charge in [-0.15, -0.1) is 24.0 Å². The highest BCUT2D eigenvalue weighted by atomic mass is 127. The zero-order valence-electron chi connectivity index (χ0n) is 19.2. The highest BCUT2D eigenvalue weighted by Gasteiger charge is 2.27. The first-order valence-electron chi connectivity index (χ1n) is 10.3. The van der Waals surface area contributed by atoms with E-state index in [2.05, 4.69) is 15.2 Å². The number of carbonyl (C=O) groups excluding carboxylic acids is 2. The third-order valence-corrected chi connectivity index (χ3v) is 4.62. The number of carbonyl (C=O) groups is 2. The van der Waals surface area contributed by atoms with Gasteiger partial charge in [0.25, 0.3) is 0 Å². The van der Waals surface area contributed by atoms with Crippen molar-refractivity contribution in [1.29, 1.82) is 0 Å². The van der Waals surface area contributed by atoms with Crippen molar-refractivity contribution in [3.05, 3.63) is 0 Å². The average Bonchev–Trinajstić information content (AvgIpc) is 2.61. The lowest BCUT2D eigenvalue weighted by atomic mass is 9.96. The number of piperidine rings is 1. The third kappa shape index (κ3) is 10.4. The van der Waals surface area contributed by atoms with Crippen LogP contribution in [0.3, 0.4) is 0 Å². The van der Waals surface area contributed by atoms with Gasteiger partial charge in [-0.25, -0.2) is 9.79 Å². The van der Waals surface area contributed by atoms with Crippen LogP contribution in [0.2, 0.25) is 0 Å². The number of ether oxygens (including phenoxy) is 1. The van der Waals surface area contributed by atoms with E-state index >= 15 is 0 Å². The number of hydrogen-bond donors (Lipinski definition) is 1. The fourth-order valence-corrected chi connectivity index (χ4v) is 3.01. The molecule has 0 aromatic carbocycles. The van der Waals surface area contributed by atoms with E-state index in [1.807, 2.05) is 34.6 Å². The molecule has 0 unspecified atom stereocenters. The van der Waals surface area contributed by atoms with Gasteiger partial charge in [-0.1, -0.05) is 0 Å². The van der Waals surface area contributed by atoms with Crippen LogP contribution in [0.5, 0.6) is 0 Å². The Hall–Kier alpha value is -1.26. The molecule has 0 atom stereocenters. The van der Waals surface area contributed by atoms with Gasteiger partial charge in [-0.3, -0.25) is 4.79 Å². The van der Waals surface area contributed by atoms with Crippen molar-refractivity contribution in [2.24, 2.45) is 10.9 Å². The molecule has 170 valence electrons. The molecule has 0 bridgehead atoms. The summed E-state index contributed by atoms with van der Waals surface area (Å²) in [6.45, 7) is 13.7. The summed E-state index contributed by atoms with van der Waals surface area (Å²) in [7, 11) is 3.47. The zero-order valence-corrected chi connectivity index (χ0v) is 21.5. The highest BCUT2D eigenvalue weighted by molar-refractivity contribution is 14.0. The summed E-state index contributed by atoms with van der Waals surface area (Å²) in [5.74, 6) is 1.21. The summed E-state index contributed by atoms with van der Waals surface area (Å²) >= 11 is 0. The summed E-state index contributed by atoms with van der Waals surface area (Å²) in [4.78, 5) is 34.2. The molecule has 1 fully saturated rings. The van der Waals surface area contributed by atoms with Gasteiger partial charge in [0.1, 0.15) is 12.1 Å². The van der Waals surface area contributed by atoms with E-state index in [1.54, 1.807) is 23.9 Å². The van der Waals surface area contributed by atoms with E-state index < -0.39 is 5.60 Å². The quantitative estimate of drug-likeness (QED) is 0.328. The number of nitrogens with zero attached hydrogens (tertiary/aromatic N) is 4. The van der Waals surface area contributed by atoms with E-state index in [0.29, 0.717) is 19.0 Å². The van der Waals surface area contributed by atoms with Gasteiger partial charge in [0, 0.05) is 46.8 Å². The summed E-state index contributed by atoms with van der Waals surface area (Å²) in [5.41, 5.74) is -0.477. The van der Waals surface area contributed by atoms with Crippen LogP contribution in [-0.4, -0.2) is 91.6 Å². The van der Waals surface area contributed by atoms with Crippen molar-refractivity contribution in [1.82, 2.24) is 20.0 Å². The average molecular weight is 525 g/mol. The number of hydrogen-bond acceptors (Lipinski definition) is 4. The first-order valence-corrected chi connectivity index (χ1v) is 10.3. The van der Waals surface area contributed by atoms with Crippen LogP contribution in [0.25, 0.3) is 0 Å². The lowest BCUT2D eigenvalue weighted by Gasteiger charge is -2.36. The predicted octanol–water partition coefficient (Wildman–Crippen LogP) is 2.63. The molecule has 29 heavy (non-hydrogen) atoms. The Kier molecular flexibility index (Phi) is 12.6. The molecule has 0 spiro atoms. The fraction of sp³-hybridized carbons (Fsp3) is 0.850. The van der Waals surface area contributed by atoms with Gasteiger partial charge in [-0.2, -0.15) is 0 Å². The van der Waals surface area contributed by atoms with Crippen molar-refractivity contribution < 1.29 is 14.3 Å². The van der Waals surface area contributed by atoms with Crippen molar-refractivity contribution in [3.63, 3.8) is 0 Å². The molecular weight excluding hydrogens is 485 g/mol. The number of rotatable bonds is 6. The Morgan fingerprint density at radius 1 is 1.17 bits per heavy atom. The predicted molar refractivity (Wildman–Crippen MR) is 128 cm³/mol. The SMILES string of the molecule is CCNC(=NCC(=O)N(C)C)N1CCC(CN(CC)C(=O)OC(C)(C)C)CC1.I. The van der Waals surface area contributed by atoms with Gasteiger partial charge in [-0.05, 0) is 53.4 Å².